The number of likely N-dealkylation sites (N-methyl/N-ethyl adjacent to an activating group) is 1. The van der Waals surface area contributed by atoms with Crippen molar-refractivity contribution in [1.82, 2.24) is 4.90 Å². The third kappa shape index (κ3) is 3.33. The molecule has 1 atom stereocenters. The number of benzene rings is 1. The van der Waals surface area contributed by atoms with E-state index in [0.29, 0.717) is 25.2 Å². The lowest BCUT2D eigenvalue weighted by molar-refractivity contribution is -0.124. The van der Waals surface area contributed by atoms with Crippen molar-refractivity contribution in [2.75, 3.05) is 24.5 Å². The zero-order valence-electron chi connectivity index (χ0n) is 11.7. The molecule has 5 nitrogen and oxygen atoms in total. The number of carbonyl (C=O) groups excluding carboxylic acids is 2. The van der Waals surface area contributed by atoms with Gasteiger partial charge in [0.25, 0.3) is 0 Å². The third-order valence-corrected chi connectivity index (χ3v) is 3.90. The van der Waals surface area contributed by atoms with Gasteiger partial charge in [0.2, 0.25) is 11.8 Å². The van der Waals surface area contributed by atoms with Crippen molar-refractivity contribution in [2.24, 2.45) is 5.73 Å². The predicted octanol–water partition coefficient (Wildman–Crippen LogP) is 1.39. The van der Waals surface area contributed by atoms with Crippen LogP contribution in [-0.4, -0.2) is 42.4 Å². The van der Waals surface area contributed by atoms with E-state index in [9.17, 15) is 14.0 Å². The number of anilines is 1. The second-order valence-electron chi connectivity index (χ2n) is 4.92. The summed E-state index contributed by atoms with van der Waals surface area (Å²) in [6.45, 7) is 2.92. The van der Waals surface area contributed by atoms with E-state index in [4.69, 9.17) is 17.3 Å². The SMILES string of the molecule is CCN(CC(N)=O)[C@H]1CCN(c2ccc(Cl)c(F)c2)C1=O. The highest BCUT2D eigenvalue weighted by atomic mass is 35.5. The Kier molecular flexibility index (Phi) is 4.80. The Morgan fingerprint density at radius 1 is 1.57 bits per heavy atom. The van der Waals surface area contributed by atoms with Gasteiger partial charge in [0.15, 0.2) is 0 Å². The molecule has 21 heavy (non-hydrogen) atoms. The van der Waals surface area contributed by atoms with Gasteiger partial charge < -0.3 is 10.6 Å². The summed E-state index contributed by atoms with van der Waals surface area (Å²) in [4.78, 5) is 26.8. The largest absolute Gasteiger partial charge is 0.369 e. The lowest BCUT2D eigenvalue weighted by Crippen LogP contribution is -2.45. The van der Waals surface area contributed by atoms with Gasteiger partial charge in [-0.1, -0.05) is 18.5 Å². The van der Waals surface area contributed by atoms with E-state index in [1.54, 1.807) is 11.0 Å². The predicted molar refractivity (Wildman–Crippen MR) is 78.6 cm³/mol. The maximum atomic E-state index is 13.5. The van der Waals surface area contributed by atoms with Gasteiger partial charge in [-0.2, -0.15) is 0 Å². The molecule has 0 radical (unpaired) electrons. The molecule has 2 amide bonds. The monoisotopic (exact) mass is 313 g/mol. The highest BCUT2D eigenvalue weighted by molar-refractivity contribution is 6.30. The topological polar surface area (TPSA) is 66.6 Å². The van der Waals surface area contributed by atoms with Crippen molar-refractivity contribution in [2.45, 2.75) is 19.4 Å². The van der Waals surface area contributed by atoms with Crippen LogP contribution in [0.4, 0.5) is 10.1 Å². The van der Waals surface area contributed by atoms with Gasteiger partial charge in [-0.25, -0.2) is 4.39 Å². The van der Waals surface area contributed by atoms with Crippen molar-refractivity contribution in [3.8, 4) is 0 Å². The van der Waals surface area contributed by atoms with E-state index in [-0.39, 0.29) is 17.5 Å². The smallest absolute Gasteiger partial charge is 0.244 e. The van der Waals surface area contributed by atoms with Crippen LogP contribution in [0.25, 0.3) is 0 Å². The highest BCUT2D eigenvalue weighted by Gasteiger charge is 2.36. The molecule has 1 aromatic rings. The second-order valence-corrected chi connectivity index (χ2v) is 5.33. The lowest BCUT2D eigenvalue weighted by Gasteiger charge is -2.25. The van der Waals surface area contributed by atoms with Gasteiger partial charge in [-0.05, 0) is 31.2 Å². The zero-order chi connectivity index (χ0) is 15.6. The Hall–Kier alpha value is -1.66. The van der Waals surface area contributed by atoms with E-state index >= 15 is 0 Å². The molecule has 0 saturated carbocycles. The van der Waals surface area contributed by atoms with Crippen molar-refractivity contribution >= 4 is 29.1 Å². The summed E-state index contributed by atoms with van der Waals surface area (Å²) in [5.41, 5.74) is 5.67. The molecule has 1 fully saturated rings. The summed E-state index contributed by atoms with van der Waals surface area (Å²) in [6, 6.07) is 3.87. The van der Waals surface area contributed by atoms with Crippen molar-refractivity contribution in [3.63, 3.8) is 0 Å². The van der Waals surface area contributed by atoms with Crippen LogP contribution in [0.3, 0.4) is 0 Å². The average Bonchev–Trinajstić information content (AvgIpc) is 2.81. The van der Waals surface area contributed by atoms with Crippen molar-refractivity contribution in [3.05, 3.63) is 29.0 Å². The number of nitrogens with zero attached hydrogens (tertiary/aromatic N) is 2. The van der Waals surface area contributed by atoms with Gasteiger partial charge in [-0.3, -0.25) is 14.5 Å². The fraction of sp³-hybridized carbons (Fsp3) is 0.429. The summed E-state index contributed by atoms with van der Waals surface area (Å²) >= 11 is 5.64. The molecular weight excluding hydrogens is 297 g/mol. The maximum Gasteiger partial charge on any atom is 0.244 e. The van der Waals surface area contributed by atoms with E-state index in [0.717, 1.165) is 0 Å². The summed E-state index contributed by atoms with van der Waals surface area (Å²) in [6.07, 6.45) is 0.574. The van der Waals surface area contributed by atoms with Gasteiger partial charge in [0, 0.05) is 12.2 Å². The number of nitrogens with two attached hydrogens (primary N) is 1. The van der Waals surface area contributed by atoms with E-state index in [1.807, 2.05) is 6.92 Å². The molecular formula is C14H17ClFN3O2. The van der Waals surface area contributed by atoms with Crippen molar-refractivity contribution < 1.29 is 14.0 Å². The van der Waals surface area contributed by atoms with Gasteiger partial charge in [-0.15, -0.1) is 0 Å². The van der Waals surface area contributed by atoms with Crippen LogP contribution in [0.2, 0.25) is 5.02 Å². The number of amides is 2. The molecule has 1 heterocycles. The summed E-state index contributed by atoms with van der Waals surface area (Å²) < 4.78 is 13.5. The Morgan fingerprint density at radius 2 is 2.29 bits per heavy atom. The number of rotatable bonds is 5. The second kappa shape index (κ2) is 6.41. The quantitative estimate of drug-likeness (QED) is 0.893. The van der Waals surface area contributed by atoms with Crippen LogP contribution < -0.4 is 10.6 Å². The Bertz CT molecular complexity index is 567. The van der Waals surface area contributed by atoms with Crippen LogP contribution >= 0.6 is 11.6 Å². The first-order chi connectivity index (χ1) is 9.93. The fourth-order valence-electron chi connectivity index (χ4n) is 2.56. The number of hydrogen-bond donors (Lipinski definition) is 1. The fourth-order valence-corrected chi connectivity index (χ4v) is 2.67. The summed E-state index contributed by atoms with van der Waals surface area (Å²) in [5.74, 6) is -1.18. The highest BCUT2D eigenvalue weighted by Crippen LogP contribution is 2.27. The van der Waals surface area contributed by atoms with Gasteiger partial charge in [0.1, 0.15) is 5.82 Å². The normalized spacial score (nSPS) is 18.6. The van der Waals surface area contributed by atoms with Crippen LogP contribution in [0.1, 0.15) is 13.3 Å². The molecule has 2 N–H and O–H groups in total. The molecule has 7 heteroatoms. The Labute approximate surface area is 127 Å². The summed E-state index contributed by atoms with van der Waals surface area (Å²) in [7, 11) is 0. The minimum atomic E-state index is -0.560. The van der Waals surface area contributed by atoms with Crippen LogP contribution in [0.15, 0.2) is 18.2 Å². The molecule has 1 saturated heterocycles. The third-order valence-electron chi connectivity index (χ3n) is 3.60. The standard InChI is InChI=1S/C14H17ClFN3O2/c1-2-18(8-13(17)20)12-5-6-19(14(12)21)9-3-4-10(15)11(16)7-9/h3-4,7,12H,2,5-6,8H2,1H3,(H2,17,20)/t12-/m0/s1. The maximum absolute atomic E-state index is 13.5. The average molecular weight is 314 g/mol. The van der Waals surface area contributed by atoms with E-state index in [2.05, 4.69) is 0 Å². The number of hydrogen-bond acceptors (Lipinski definition) is 3. The molecule has 1 aliphatic heterocycles. The number of halogens is 2. The minimum Gasteiger partial charge on any atom is -0.369 e. The first kappa shape index (κ1) is 15.7. The van der Waals surface area contributed by atoms with E-state index in [1.165, 1.54) is 17.0 Å². The molecule has 0 aromatic heterocycles. The zero-order valence-corrected chi connectivity index (χ0v) is 12.4. The van der Waals surface area contributed by atoms with Gasteiger partial charge in [0.05, 0.1) is 17.6 Å². The van der Waals surface area contributed by atoms with Crippen LogP contribution in [0.5, 0.6) is 0 Å². The Balaban J connectivity index is 2.17. The lowest BCUT2D eigenvalue weighted by atomic mass is 10.2. The summed E-state index contributed by atoms with van der Waals surface area (Å²) in [5, 5.41) is 0.0193. The Morgan fingerprint density at radius 3 is 2.86 bits per heavy atom. The van der Waals surface area contributed by atoms with Crippen LogP contribution in [0, 0.1) is 5.82 Å². The van der Waals surface area contributed by atoms with Gasteiger partial charge >= 0.3 is 0 Å². The number of primary amides is 1. The minimum absolute atomic E-state index is 0.0193. The molecule has 0 spiro atoms. The first-order valence-electron chi connectivity index (χ1n) is 6.72. The molecule has 0 bridgehead atoms. The molecule has 0 unspecified atom stereocenters. The first-order valence-corrected chi connectivity index (χ1v) is 7.10. The van der Waals surface area contributed by atoms with E-state index < -0.39 is 17.8 Å². The molecule has 1 aromatic carbocycles. The molecule has 0 aliphatic carbocycles. The molecule has 2 rings (SSSR count). The molecule has 1 aliphatic rings. The van der Waals surface area contributed by atoms with Crippen molar-refractivity contribution in [1.29, 1.82) is 0 Å². The molecule has 114 valence electrons. The number of carbonyl (C=O) groups is 2. The van der Waals surface area contributed by atoms with Crippen LogP contribution in [-0.2, 0) is 9.59 Å².